The zero-order valence-corrected chi connectivity index (χ0v) is 12.6. The van der Waals surface area contributed by atoms with Crippen LogP contribution in [0.5, 0.6) is 5.75 Å². The van der Waals surface area contributed by atoms with E-state index in [9.17, 15) is 4.79 Å². The lowest BCUT2D eigenvalue weighted by atomic mass is 10.2. The largest absolute Gasteiger partial charge is 0.494 e. The number of carbonyl (C=O) groups is 1. The lowest BCUT2D eigenvalue weighted by Gasteiger charge is -2.08. The molecule has 0 spiro atoms. The van der Waals surface area contributed by atoms with Gasteiger partial charge < -0.3 is 4.74 Å². The van der Waals surface area contributed by atoms with Crippen LogP contribution in [0.2, 0.25) is 0 Å². The SMILES string of the molecule is CCCc1c(C=O)nnn1CCCOc1ccc(C)cc1. The first-order chi connectivity index (χ1) is 10.2. The number of rotatable bonds is 8. The number of carbonyl (C=O) groups excluding carboxylic acids is 1. The normalized spacial score (nSPS) is 10.6. The number of benzene rings is 1. The molecule has 0 fully saturated rings. The summed E-state index contributed by atoms with van der Waals surface area (Å²) >= 11 is 0. The third kappa shape index (κ3) is 4.15. The maximum atomic E-state index is 10.9. The van der Waals surface area contributed by atoms with Gasteiger partial charge in [-0.25, -0.2) is 4.68 Å². The van der Waals surface area contributed by atoms with Gasteiger partial charge in [-0.15, -0.1) is 5.10 Å². The molecular weight excluding hydrogens is 266 g/mol. The summed E-state index contributed by atoms with van der Waals surface area (Å²) in [7, 11) is 0. The van der Waals surface area contributed by atoms with Crippen molar-refractivity contribution < 1.29 is 9.53 Å². The molecule has 1 heterocycles. The predicted molar refractivity (Wildman–Crippen MR) is 80.7 cm³/mol. The van der Waals surface area contributed by atoms with Crippen molar-refractivity contribution in [3.05, 3.63) is 41.2 Å². The van der Waals surface area contributed by atoms with Crippen LogP contribution in [0.1, 0.15) is 41.5 Å². The van der Waals surface area contributed by atoms with Crippen molar-refractivity contribution in [2.45, 2.75) is 39.7 Å². The molecule has 0 aliphatic carbocycles. The van der Waals surface area contributed by atoms with Crippen molar-refractivity contribution in [2.75, 3.05) is 6.61 Å². The number of hydrogen-bond acceptors (Lipinski definition) is 4. The van der Waals surface area contributed by atoms with Crippen LogP contribution in [-0.2, 0) is 13.0 Å². The van der Waals surface area contributed by atoms with E-state index >= 15 is 0 Å². The summed E-state index contributed by atoms with van der Waals surface area (Å²) in [6.45, 7) is 5.45. The van der Waals surface area contributed by atoms with Crippen LogP contribution in [0.15, 0.2) is 24.3 Å². The minimum Gasteiger partial charge on any atom is -0.494 e. The van der Waals surface area contributed by atoms with Gasteiger partial charge in [0.1, 0.15) is 11.4 Å². The smallest absolute Gasteiger partial charge is 0.172 e. The molecule has 0 unspecified atom stereocenters. The van der Waals surface area contributed by atoms with E-state index in [4.69, 9.17) is 4.74 Å². The van der Waals surface area contributed by atoms with Gasteiger partial charge >= 0.3 is 0 Å². The minimum absolute atomic E-state index is 0.455. The van der Waals surface area contributed by atoms with E-state index in [1.54, 1.807) is 0 Å². The molecule has 1 aromatic heterocycles. The summed E-state index contributed by atoms with van der Waals surface area (Å²) in [4.78, 5) is 10.9. The van der Waals surface area contributed by atoms with Crippen LogP contribution in [-0.4, -0.2) is 27.9 Å². The molecule has 0 saturated carbocycles. The van der Waals surface area contributed by atoms with Crippen molar-refractivity contribution >= 4 is 6.29 Å². The topological polar surface area (TPSA) is 57.0 Å². The molecule has 0 amide bonds. The fourth-order valence-corrected chi connectivity index (χ4v) is 2.15. The Kier molecular flexibility index (Phi) is 5.49. The molecule has 0 bridgehead atoms. The molecule has 21 heavy (non-hydrogen) atoms. The Labute approximate surface area is 124 Å². The van der Waals surface area contributed by atoms with Gasteiger partial charge in [0, 0.05) is 13.0 Å². The molecule has 112 valence electrons. The first-order valence-electron chi connectivity index (χ1n) is 7.31. The minimum atomic E-state index is 0.455. The molecule has 0 radical (unpaired) electrons. The molecule has 5 nitrogen and oxygen atoms in total. The Bertz CT molecular complexity index is 576. The van der Waals surface area contributed by atoms with Gasteiger partial charge in [-0.3, -0.25) is 4.79 Å². The summed E-state index contributed by atoms with van der Waals surface area (Å²) in [6, 6.07) is 8.00. The van der Waals surface area contributed by atoms with Crippen molar-refractivity contribution in [3.8, 4) is 5.75 Å². The lowest BCUT2D eigenvalue weighted by molar-refractivity contribution is 0.111. The molecule has 2 aromatic rings. The highest BCUT2D eigenvalue weighted by Crippen LogP contribution is 2.12. The highest BCUT2D eigenvalue weighted by Gasteiger charge is 2.10. The zero-order chi connectivity index (χ0) is 15.1. The van der Waals surface area contributed by atoms with Crippen LogP contribution in [0.25, 0.3) is 0 Å². The monoisotopic (exact) mass is 287 g/mol. The van der Waals surface area contributed by atoms with Gasteiger partial charge in [-0.1, -0.05) is 36.3 Å². The maximum Gasteiger partial charge on any atom is 0.172 e. The molecule has 2 rings (SSSR count). The second kappa shape index (κ2) is 7.57. The molecule has 0 aliphatic rings. The van der Waals surface area contributed by atoms with Gasteiger partial charge in [0.15, 0.2) is 6.29 Å². The number of ether oxygens (including phenoxy) is 1. The van der Waals surface area contributed by atoms with E-state index in [2.05, 4.69) is 17.2 Å². The van der Waals surface area contributed by atoms with E-state index in [0.29, 0.717) is 18.8 Å². The van der Waals surface area contributed by atoms with Crippen molar-refractivity contribution in [1.82, 2.24) is 15.0 Å². The molecule has 1 aromatic carbocycles. The molecule has 0 atom stereocenters. The van der Waals surface area contributed by atoms with Gasteiger partial charge in [-0.05, 0) is 25.5 Å². The van der Waals surface area contributed by atoms with E-state index in [1.165, 1.54) is 5.56 Å². The standard InChI is InChI=1S/C16H21N3O2/c1-3-5-16-15(12-20)17-18-19(16)10-4-11-21-14-8-6-13(2)7-9-14/h6-9,12H,3-5,10-11H2,1-2H3. The van der Waals surface area contributed by atoms with Crippen molar-refractivity contribution in [1.29, 1.82) is 0 Å². The van der Waals surface area contributed by atoms with Crippen LogP contribution < -0.4 is 4.74 Å². The average Bonchev–Trinajstić information content (AvgIpc) is 2.88. The Morgan fingerprint density at radius 1 is 1.29 bits per heavy atom. The van der Waals surface area contributed by atoms with E-state index in [-0.39, 0.29) is 0 Å². The van der Waals surface area contributed by atoms with Gasteiger partial charge in [0.2, 0.25) is 0 Å². The van der Waals surface area contributed by atoms with Gasteiger partial charge in [-0.2, -0.15) is 0 Å². The molecule has 0 aliphatic heterocycles. The number of aryl methyl sites for hydroxylation is 2. The predicted octanol–water partition coefficient (Wildman–Crippen LogP) is 2.82. The quantitative estimate of drug-likeness (QED) is 0.553. The first-order valence-corrected chi connectivity index (χ1v) is 7.31. The van der Waals surface area contributed by atoms with Crippen LogP contribution in [0, 0.1) is 6.92 Å². The molecule has 5 heteroatoms. The second-order valence-electron chi connectivity index (χ2n) is 5.03. The molecule has 0 N–H and O–H groups in total. The Morgan fingerprint density at radius 3 is 2.71 bits per heavy atom. The highest BCUT2D eigenvalue weighted by atomic mass is 16.5. The van der Waals surface area contributed by atoms with Crippen LogP contribution in [0.3, 0.4) is 0 Å². The summed E-state index contributed by atoms with van der Waals surface area (Å²) in [5.74, 6) is 0.876. The second-order valence-corrected chi connectivity index (χ2v) is 5.03. The van der Waals surface area contributed by atoms with Crippen LogP contribution in [0.4, 0.5) is 0 Å². The Balaban J connectivity index is 1.84. The average molecular weight is 287 g/mol. The summed E-state index contributed by atoms with van der Waals surface area (Å²) in [5.41, 5.74) is 2.59. The van der Waals surface area contributed by atoms with E-state index < -0.39 is 0 Å². The number of aromatic nitrogens is 3. The highest BCUT2D eigenvalue weighted by molar-refractivity contribution is 5.73. The molecular formula is C16H21N3O2. The first kappa shape index (κ1) is 15.2. The number of nitrogens with zero attached hydrogens (tertiary/aromatic N) is 3. The Hall–Kier alpha value is -2.17. The third-order valence-corrected chi connectivity index (χ3v) is 3.27. The van der Waals surface area contributed by atoms with E-state index in [1.807, 2.05) is 35.9 Å². The van der Waals surface area contributed by atoms with E-state index in [0.717, 1.165) is 37.0 Å². The summed E-state index contributed by atoms with van der Waals surface area (Å²) in [6.07, 6.45) is 3.39. The fraction of sp³-hybridized carbons (Fsp3) is 0.438. The number of hydrogen-bond donors (Lipinski definition) is 0. The summed E-state index contributed by atoms with van der Waals surface area (Å²) < 4.78 is 7.50. The van der Waals surface area contributed by atoms with Crippen LogP contribution >= 0.6 is 0 Å². The third-order valence-electron chi connectivity index (χ3n) is 3.27. The zero-order valence-electron chi connectivity index (χ0n) is 12.6. The summed E-state index contributed by atoms with van der Waals surface area (Å²) in [5, 5.41) is 7.95. The van der Waals surface area contributed by atoms with Crippen molar-refractivity contribution in [2.24, 2.45) is 0 Å². The lowest BCUT2D eigenvalue weighted by Crippen LogP contribution is -2.09. The molecule has 0 saturated heterocycles. The fourth-order valence-electron chi connectivity index (χ4n) is 2.15. The number of aldehydes is 1. The maximum absolute atomic E-state index is 10.9. The Morgan fingerprint density at radius 2 is 2.05 bits per heavy atom. The van der Waals surface area contributed by atoms with Gasteiger partial charge in [0.05, 0.1) is 12.3 Å². The van der Waals surface area contributed by atoms with Gasteiger partial charge in [0.25, 0.3) is 0 Å². The van der Waals surface area contributed by atoms with Crippen molar-refractivity contribution in [3.63, 3.8) is 0 Å².